The third kappa shape index (κ3) is 5.05. The van der Waals surface area contributed by atoms with Crippen molar-refractivity contribution < 1.29 is 4.74 Å². The van der Waals surface area contributed by atoms with E-state index in [2.05, 4.69) is 22.2 Å². The Labute approximate surface area is 168 Å². The third-order valence-electron chi connectivity index (χ3n) is 4.04. The second kappa shape index (κ2) is 9.48. The molecule has 0 spiro atoms. The Kier molecular flexibility index (Phi) is 6.79. The highest BCUT2D eigenvalue weighted by Gasteiger charge is 2.06. The normalized spacial score (nSPS) is 11.2. The van der Waals surface area contributed by atoms with Crippen molar-refractivity contribution in [3.8, 4) is 5.75 Å². The zero-order chi connectivity index (χ0) is 19.1. The van der Waals surface area contributed by atoms with Gasteiger partial charge in [-0.3, -0.25) is 5.10 Å². The van der Waals surface area contributed by atoms with E-state index in [0.717, 1.165) is 42.0 Å². The lowest BCUT2D eigenvalue weighted by Crippen LogP contribution is -2.01. The van der Waals surface area contributed by atoms with E-state index >= 15 is 0 Å². The van der Waals surface area contributed by atoms with Crippen molar-refractivity contribution in [2.24, 2.45) is 5.10 Å². The smallest absolute Gasteiger partial charge is 0.216 e. The van der Waals surface area contributed by atoms with Crippen LogP contribution in [-0.2, 0) is 13.0 Å². The van der Waals surface area contributed by atoms with E-state index in [0.29, 0.717) is 16.4 Å². The average Bonchev–Trinajstić information content (AvgIpc) is 3.04. The quantitative estimate of drug-likeness (QED) is 0.407. The summed E-state index contributed by atoms with van der Waals surface area (Å²) in [5.74, 6) is 1.55. The lowest BCUT2D eigenvalue weighted by molar-refractivity contribution is 0.306. The SMILES string of the molecule is CCCCc1n[nH]c(=S)n1/N=C/c1ccccc1OCc1ccccc1Cl. The fraction of sp³-hybridized carbons (Fsp3) is 0.250. The minimum atomic E-state index is 0.386. The van der Waals surface area contributed by atoms with Gasteiger partial charge in [-0.15, -0.1) is 0 Å². The van der Waals surface area contributed by atoms with E-state index in [1.54, 1.807) is 10.9 Å². The van der Waals surface area contributed by atoms with Gasteiger partial charge in [-0.25, -0.2) is 0 Å². The molecule has 7 heteroatoms. The molecule has 140 valence electrons. The summed E-state index contributed by atoms with van der Waals surface area (Å²) >= 11 is 11.5. The van der Waals surface area contributed by atoms with Gasteiger partial charge in [-0.05, 0) is 36.8 Å². The number of benzene rings is 2. The Morgan fingerprint density at radius 3 is 2.81 bits per heavy atom. The largest absolute Gasteiger partial charge is 0.488 e. The highest BCUT2D eigenvalue weighted by Crippen LogP contribution is 2.21. The predicted molar refractivity (Wildman–Crippen MR) is 111 cm³/mol. The van der Waals surface area contributed by atoms with Crippen LogP contribution in [-0.4, -0.2) is 21.1 Å². The number of ether oxygens (including phenoxy) is 1. The summed E-state index contributed by atoms with van der Waals surface area (Å²) in [7, 11) is 0. The molecule has 0 atom stereocenters. The molecule has 3 rings (SSSR count). The summed E-state index contributed by atoms with van der Waals surface area (Å²) in [6.45, 7) is 2.53. The van der Waals surface area contributed by atoms with Crippen molar-refractivity contribution in [2.75, 3.05) is 0 Å². The number of unbranched alkanes of at least 4 members (excludes halogenated alkanes) is 1. The van der Waals surface area contributed by atoms with Crippen LogP contribution in [0.4, 0.5) is 0 Å². The molecule has 5 nitrogen and oxygen atoms in total. The number of para-hydroxylation sites is 1. The highest BCUT2D eigenvalue weighted by atomic mass is 35.5. The lowest BCUT2D eigenvalue weighted by atomic mass is 10.2. The number of hydrogen-bond donors (Lipinski definition) is 1. The van der Waals surface area contributed by atoms with Gasteiger partial charge in [0.05, 0.1) is 6.21 Å². The van der Waals surface area contributed by atoms with Crippen molar-refractivity contribution in [1.82, 2.24) is 14.9 Å². The number of halogens is 1. The lowest BCUT2D eigenvalue weighted by Gasteiger charge is -2.10. The molecular weight excluding hydrogens is 380 g/mol. The Morgan fingerprint density at radius 2 is 2.00 bits per heavy atom. The molecule has 1 N–H and O–H groups in total. The van der Waals surface area contributed by atoms with Crippen LogP contribution in [0.15, 0.2) is 53.6 Å². The monoisotopic (exact) mass is 400 g/mol. The van der Waals surface area contributed by atoms with Gasteiger partial charge in [0.15, 0.2) is 5.82 Å². The second-order valence-electron chi connectivity index (χ2n) is 6.02. The Balaban J connectivity index is 1.78. The van der Waals surface area contributed by atoms with Crippen molar-refractivity contribution >= 4 is 30.0 Å². The second-order valence-corrected chi connectivity index (χ2v) is 6.82. The minimum Gasteiger partial charge on any atom is -0.488 e. The first-order valence-electron chi connectivity index (χ1n) is 8.85. The molecule has 3 aromatic rings. The number of aromatic amines is 1. The number of nitrogens with one attached hydrogen (secondary N) is 1. The molecule has 0 bridgehead atoms. The zero-order valence-corrected chi connectivity index (χ0v) is 16.6. The molecule has 0 aliphatic heterocycles. The number of nitrogens with zero attached hydrogens (tertiary/aromatic N) is 3. The summed E-state index contributed by atoms with van der Waals surface area (Å²) in [4.78, 5) is 0. The summed E-state index contributed by atoms with van der Waals surface area (Å²) in [5, 5.41) is 12.3. The van der Waals surface area contributed by atoms with Gasteiger partial charge >= 0.3 is 0 Å². The molecule has 1 aromatic heterocycles. The first-order valence-corrected chi connectivity index (χ1v) is 9.63. The number of rotatable bonds is 8. The minimum absolute atomic E-state index is 0.386. The standard InChI is InChI=1S/C20H21ClN4OS/c1-2-3-12-19-23-24-20(27)25(19)22-13-15-8-5-7-11-18(15)26-14-16-9-4-6-10-17(16)21/h4-11,13H,2-3,12,14H2,1H3,(H,24,27)/b22-13+. The van der Waals surface area contributed by atoms with E-state index in [4.69, 9.17) is 28.6 Å². The molecule has 0 amide bonds. The van der Waals surface area contributed by atoms with E-state index < -0.39 is 0 Å². The van der Waals surface area contributed by atoms with E-state index in [1.807, 2.05) is 48.5 Å². The van der Waals surface area contributed by atoms with Crippen LogP contribution in [0, 0.1) is 4.77 Å². The number of hydrogen-bond acceptors (Lipinski definition) is 4. The Hall–Kier alpha value is -2.44. The van der Waals surface area contributed by atoms with Crippen molar-refractivity contribution in [3.63, 3.8) is 0 Å². The van der Waals surface area contributed by atoms with Crippen LogP contribution in [0.3, 0.4) is 0 Å². The first-order chi connectivity index (χ1) is 13.2. The highest BCUT2D eigenvalue weighted by molar-refractivity contribution is 7.71. The number of aryl methyl sites for hydroxylation is 1. The van der Waals surface area contributed by atoms with Crippen LogP contribution in [0.1, 0.15) is 36.7 Å². The zero-order valence-electron chi connectivity index (χ0n) is 15.1. The van der Waals surface area contributed by atoms with E-state index in [1.165, 1.54) is 0 Å². The molecule has 2 aromatic carbocycles. The summed E-state index contributed by atoms with van der Waals surface area (Å²) < 4.78 is 8.11. The van der Waals surface area contributed by atoms with Gasteiger partial charge < -0.3 is 4.74 Å². The summed E-state index contributed by atoms with van der Waals surface area (Å²) in [5.41, 5.74) is 1.79. The van der Waals surface area contributed by atoms with Crippen molar-refractivity contribution in [3.05, 3.63) is 75.3 Å². The molecule has 0 fully saturated rings. The molecular formula is C20H21ClN4OS. The Bertz CT molecular complexity index is 980. The van der Waals surface area contributed by atoms with Crippen LogP contribution in [0.5, 0.6) is 5.75 Å². The van der Waals surface area contributed by atoms with Gasteiger partial charge in [0.1, 0.15) is 12.4 Å². The van der Waals surface area contributed by atoms with Gasteiger partial charge in [0.25, 0.3) is 0 Å². The fourth-order valence-electron chi connectivity index (χ4n) is 2.55. The molecule has 0 saturated heterocycles. The molecule has 0 aliphatic rings. The molecule has 0 radical (unpaired) electrons. The van der Waals surface area contributed by atoms with Crippen LogP contribution >= 0.6 is 23.8 Å². The third-order valence-corrected chi connectivity index (χ3v) is 4.68. The number of H-pyrrole nitrogens is 1. The first kappa shape index (κ1) is 19.3. The fourth-order valence-corrected chi connectivity index (χ4v) is 2.94. The maximum absolute atomic E-state index is 6.20. The van der Waals surface area contributed by atoms with Crippen molar-refractivity contribution in [2.45, 2.75) is 32.8 Å². The van der Waals surface area contributed by atoms with Gasteiger partial charge in [0.2, 0.25) is 4.77 Å². The molecule has 0 aliphatic carbocycles. The maximum atomic E-state index is 6.20. The van der Waals surface area contributed by atoms with Crippen LogP contribution < -0.4 is 4.74 Å². The van der Waals surface area contributed by atoms with E-state index in [9.17, 15) is 0 Å². The maximum Gasteiger partial charge on any atom is 0.216 e. The van der Waals surface area contributed by atoms with Crippen molar-refractivity contribution in [1.29, 1.82) is 0 Å². The van der Waals surface area contributed by atoms with E-state index in [-0.39, 0.29) is 0 Å². The summed E-state index contributed by atoms with van der Waals surface area (Å²) in [6, 6.07) is 15.4. The predicted octanol–water partition coefficient (Wildman–Crippen LogP) is 5.40. The van der Waals surface area contributed by atoms with Gasteiger partial charge in [-0.1, -0.05) is 55.3 Å². The summed E-state index contributed by atoms with van der Waals surface area (Å²) in [6.07, 6.45) is 4.68. The molecule has 27 heavy (non-hydrogen) atoms. The molecule has 0 saturated carbocycles. The van der Waals surface area contributed by atoms with Crippen LogP contribution in [0.2, 0.25) is 5.02 Å². The van der Waals surface area contributed by atoms with Gasteiger partial charge in [-0.2, -0.15) is 14.9 Å². The average molecular weight is 401 g/mol. The van der Waals surface area contributed by atoms with Crippen LogP contribution in [0.25, 0.3) is 0 Å². The Morgan fingerprint density at radius 1 is 1.22 bits per heavy atom. The molecule has 0 unspecified atom stereocenters. The molecule has 1 heterocycles. The number of aromatic nitrogens is 3. The topological polar surface area (TPSA) is 55.2 Å². The van der Waals surface area contributed by atoms with Gasteiger partial charge in [0, 0.05) is 22.6 Å².